The van der Waals surface area contributed by atoms with Crippen LogP contribution in [0.3, 0.4) is 0 Å². The van der Waals surface area contributed by atoms with Gasteiger partial charge >= 0.3 is 0 Å². The van der Waals surface area contributed by atoms with Crippen molar-refractivity contribution in [3.05, 3.63) is 24.2 Å². The Balaban J connectivity index is 2.10. The zero-order chi connectivity index (χ0) is 13.9. The Morgan fingerprint density at radius 3 is 2.79 bits per heavy atom. The van der Waals surface area contributed by atoms with Crippen LogP contribution in [0, 0.1) is 5.41 Å². The fourth-order valence-corrected chi connectivity index (χ4v) is 2.02. The molecule has 5 nitrogen and oxygen atoms in total. The third-order valence-corrected chi connectivity index (χ3v) is 3.18. The van der Waals surface area contributed by atoms with Crippen molar-refractivity contribution in [2.24, 2.45) is 5.41 Å². The number of aromatic amines is 1. The van der Waals surface area contributed by atoms with Crippen molar-refractivity contribution in [1.29, 1.82) is 0 Å². The third kappa shape index (κ3) is 3.44. The van der Waals surface area contributed by atoms with Gasteiger partial charge in [0.2, 0.25) is 11.7 Å². The largest absolute Gasteiger partial charge is 0.359 e. The second-order valence-corrected chi connectivity index (χ2v) is 5.78. The Morgan fingerprint density at radius 1 is 1.42 bits per heavy atom. The van der Waals surface area contributed by atoms with Crippen molar-refractivity contribution in [1.82, 2.24) is 20.4 Å². The molecule has 0 aromatic carbocycles. The normalized spacial score (nSPS) is 13.7. The van der Waals surface area contributed by atoms with E-state index in [9.17, 15) is 0 Å². The molecular weight excluding hydrogens is 240 g/mol. The van der Waals surface area contributed by atoms with Crippen molar-refractivity contribution in [2.45, 2.75) is 40.2 Å². The van der Waals surface area contributed by atoms with E-state index >= 15 is 0 Å². The minimum absolute atomic E-state index is 0.150. The predicted octanol–water partition coefficient (Wildman–Crippen LogP) is 2.63. The molecule has 0 amide bonds. The van der Waals surface area contributed by atoms with E-state index in [-0.39, 0.29) is 5.41 Å². The van der Waals surface area contributed by atoms with Gasteiger partial charge in [0.05, 0.1) is 5.69 Å². The first-order valence-electron chi connectivity index (χ1n) is 6.70. The minimum Gasteiger partial charge on any atom is -0.359 e. The number of likely N-dealkylation sites (N-methyl/N-ethyl adjacent to an activating group) is 1. The first kappa shape index (κ1) is 13.8. The highest BCUT2D eigenvalue weighted by molar-refractivity contribution is 5.47. The molecule has 5 heteroatoms. The molecule has 0 radical (unpaired) electrons. The molecule has 1 unspecified atom stereocenters. The Labute approximate surface area is 113 Å². The van der Waals surface area contributed by atoms with E-state index in [1.165, 1.54) is 0 Å². The van der Waals surface area contributed by atoms with Gasteiger partial charge in [-0.25, -0.2) is 0 Å². The summed E-state index contributed by atoms with van der Waals surface area (Å²) >= 11 is 0. The average Bonchev–Trinajstić information content (AvgIpc) is 2.97. The smallest absolute Gasteiger partial charge is 0.228 e. The molecule has 104 valence electrons. The lowest BCUT2D eigenvalue weighted by Crippen LogP contribution is -2.41. The summed E-state index contributed by atoms with van der Waals surface area (Å²) in [6, 6.07) is 4.16. The van der Waals surface area contributed by atoms with E-state index in [0.29, 0.717) is 17.8 Å². The fourth-order valence-electron chi connectivity index (χ4n) is 2.02. The number of H-pyrrole nitrogens is 1. The van der Waals surface area contributed by atoms with E-state index in [1.54, 1.807) is 0 Å². The number of hydrogen-bond donors (Lipinski definition) is 2. The quantitative estimate of drug-likeness (QED) is 0.869. The van der Waals surface area contributed by atoms with Gasteiger partial charge in [0, 0.05) is 18.7 Å². The van der Waals surface area contributed by atoms with Crippen LogP contribution in [0.25, 0.3) is 11.5 Å². The SMILES string of the molecule is CCNC(Cc1nc(-c2ccc[nH]2)no1)C(C)(C)C. The molecule has 0 spiro atoms. The molecule has 2 N–H and O–H groups in total. The van der Waals surface area contributed by atoms with Crippen LogP contribution in [0.1, 0.15) is 33.6 Å². The molecule has 0 aliphatic heterocycles. The second kappa shape index (κ2) is 5.57. The first-order valence-corrected chi connectivity index (χ1v) is 6.70. The van der Waals surface area contributed by atoms with Crippen LogP contribution >= 0.6 is 0 Å². The highest BCUT2D eigenvalue weighted by atomic mass is 16.5. The van der Waals surface area contributed by atoms with Gasteiger partial charge in [0.25, 0.3) is 0 Å². The summed E-state index contributed by atoms with van der Waals surface area (Å²) in [5.41, 5.74) is 1.03. The number of hydrogen-bond acceptors (Lipinski definition) is 4. The average molecular weight is 262 g/mol. The maximum atomic E-state index is 5.34. The molecule has 2 heterocycles. The van der Waals surface area contributed by atoms with Gasteiger partial charge in [-0.2, -0.15) is 4.98 Å². The summed E-state index contributed by atoms with van der Waals surface area (Å²) in [6.07, 6.45) is 2.59. The maximum Gasteiger partial charge on any atom is 0.228 e. The van der Waals surface area contributed by atoms with Crippen LogP contribution in [0.5, 0.6) is 0 Å². The highest BCUT2D eigenvalue weighted by Crippen LogP contribution is 2.23. The number of nitrogens with zero attached hydrogens (tertiary/aromatic N) is 2. The molecule has 0 aliphatic carbocycles. The fraction of sp³-hybridized carbons (Fsp3) is 0.571. The predicted molar refractivity (Wildman–Crippen MR) is 74.7 cm³/mol. The molecule has 2 rings (SSSR count). The van der Waals surface area contributed by atoms with Crippen LogP contribution in [-0.4, -0.2) is 27.7 Å². The Bertz CT molecular complexity index is 496. The van der Waals surface area contributed by atoms with Gasteiger partial charge in [0.15, 0.2) is 0 Å². The van der Waals surface area contributed by atoms with Crippen LogP contribution < -0.4 is 5.32 Å². The number of nitrogens with one attached hydrogen (secondary N) is 2. The molecule has 0 bridgehead atoms. The Morgan fingerprint density at radius 2 is 2.21 bits per heavy atom. The maximum absolute atomic E-state index is 5.34. The zero-order valence-corrected chi connectivity index (χ0v) is 12.0. The molecule has 2 aromatic heterocycles. The highest BCUT2D eigenvalue weighted by Gasteiger charge is 2.26. The van der Waals surface area contributed by atoms with Crippen LogP contribution in [-0.2, 0) is 6.42 Å². The summed E-state index contributed by atoms with van der Waals surface area (Å²) in [4.78, 5) is 7.51. The van der Waals surface area contributed by atoms with Crippen LogP contribution in [0.4, 0.5) is 0 Å². The molecule has 0 aliphatic rings. The van der Waals surface area contributed by atoms with E-state index in [4.69, 9.17) is 4.52 Å². The van der Waals surface area contributed by atoms with Gasteiger partial charge in [-0.3, -0.25) is 0 Å². The lowest BCUT2D eigenvalue weighted by Gasteiger charge is -2.30. The minimum atomic E-state index is 0.150. The molecule has 1 atom stereocenters. The summed E-state index contributed by atoms with van der Waals surface area (Å²) in [7, 11) is 0. The van der Waals surface area contributed by atoms with Crippen molar-refractivity contribution in [3.63, 3.8) is 0 Å². The van der Waals surface area contributed by atoms with Gasteiger partial charge in [-0.1, -0.05) is 32.9 Å². The standard InChI is InChI=1S/C14H22N4O/c1-5-15-11(14(2,3)4)9-12-17-13(18-19-12)10-7-6-8-16-10/h6-8,11,15-16H,5,9H2,1-4H3. The van der Waals surface area contributed by atoms with Gasteiger partial charge in [-0.05, 0) is 24.1 Å². The molecule has 19 heavy (non-hydrogen) atoms. The van der Waals surface area contributed by atoms with Crippen molar-refractivity contribution in [3.8, 4) is 11.5 Å². The molecule has 0 fully saturated rings. The van der Waals surface area contributed by atoms with Gasteiger partial charge in [0.1, 0.15) is 0 Å². The Kier molecular flexibility index (Phi) is 4.04. The molecule has 0 saturated carbocycles. The van der Waals surface area contributed by atoms with E-state index < -0.39 is 0 Å². The van der Waals surface area contributed by atoms with Crippen LogP contribution in [0.15, 0.2) is 22.9 Å². The molecule has 2 aromatic rings. The van der Waals surface area contributed by atoms with Crippen molar-refractivity contribution < 1.29 is 4.52 Å². The number of rotatable bonds is 5. The zero-order valence-electron chi connectivity index (χ0n) is 12.0. The summed E-state index contributed by atoms with van der Waals surface area (Å²) < 4.78 is 5.34. The van der Waals surface area contributed by atoms with E-state index in [1.807, 2.05) is 18.3 Å². The lowest BCUT2D eigenvalue weighted by atomic mass is 9.84. The van der Waals surface area contributed by atoms with Gasteiger partial charge in [-0.15, -0.1) is 0 Å². The molecule has 0 saturated heterocycles. The van der Waals surface area contributed by atoms with E-state index in [0.717, 1.165) is 18.7 Å². The lowest BCUT2D eigenvalue weighted by molar-refractivity contribution is 0.247. The van der Waals surface area contributed by atoms with Crippen molar-refractivity contribution >= 4 is 0 Å². The van der Waals surface area contributed by atoms with Crippen molar-refractivity contribution in [2.75, 3.05) is 6.54 Å². The van der Waals surface area contributed by atoms with Gasteiger partial charge < -0.3 is 14.8 Å². The summed E-state index contributed by atoms with van der Waals surface area (Å²) in [5.74, 6) is 1.29. The third-order valence-electron chi connectivity index (χ3n) is 3.18. The van der Waals surface area contributed by atoms with Crippen LogP contribution in [0.2, 0.25) is 0 Å². The Hall–Kier alpha value is -1.62. The molecular formula is C14H22N4O. The summed E-state index contributed by atoms with van der Waals surface area (Å²) in [6.45, 7) is 9.67. The van der Waals surface area contributed by atoms with E-state index in [2.05, 4.69) is 48.1 Å². The topological polar surface area (TPSA) is 66.7 Å². The summed E-state index contributed by atoms with van der Waals surface area (Å²) in [5, 5.41) is 7.49. The first-order chi connectivity index (χ1) is 9.00. The number of aromatic nitrogens is 3. The second-order valence-electron chi connectivity index (χ2n) is 5.78. The monoisotopic (exact) mass is 262 g/mol.